The van der Waals surface area contributed by atoms with Crippen LogP contribution in [-0.2, 0) is 14.3 Å². The molecule has 0 aromatic carbocycles. The first-order valence-electron chi connectivity index (χ1n) is 7.80. The smallest absolute Gasteiger partial charge is 0.308 e. The largest absolute Gasteiger partial charge is 0.481 e. The monoisotopic (exact) mass is 283 g/mol. The summed E-state index contributed by atoms with van der Waals surface area (Å²) in [6.45, 7) is 1.93. The molecule has 0 spiro atoms. The van der Waals surface area contributed by atoms with E-state index >= 15 is 0 Å². The summed E-state index contributed by atoms with van der Waals surface area (Å²) < 4.78 is 5.87. The molecule has 2 fully saturated rings. The second-order valence-electron chi connectivity index (χ2n) is 5.93. The molecule has 2 aliphatic carbocycles. The highest BCUT2D eigenvalue weighted by Gasteiger charge is 2.35. The molecule has 20 heavy (non-hydrogen) atoms. The lowest BCUT2D eigenvalue weighted by atomic mass is 10.0. The fourth-order valence-electron chi connectivity index (χ4n) is 3.30. The Balaban J connectivity index is 1.86. The van der Waals surface area contributed by atoms with E-state index < -0.39 is 18.0 Å². The maximum Gasteiger partial charge on any atom is 0.308 e. The van der Waals surface area contributed by atoms with Gasteiger partial charge in [0.15, 0.2) is 0 Å². The molecule has 5 heteroatoms. The van der Waals surface area contributed by atoms with E-state index in [1.165, 1.54) is 12.8 Å². The van der Waals surface area contributed by atoms with Crippen molar-refractivity contribution in [2.75, 3.05) is 0 Å². The predicted molar refractivity (Wildman–Crippen MR) is 74.3 cm³/mol. The van der Waals surface area contributed by atoms with Crippen LogP contribution in [0.2, 0.25) is 0 Å². The Hall–Kier alpha value is -1.10. The van der Waals surface area contributed by atoms with Gasteiger partial charge in [-0.05, 0) is 32.1 Å². The number of rotatable bonds is 6. The zero-order chi connectivity index (χ0) is 14.5. The molecule has 0 aromatic rings. The molecule has 0 radical (unpaired) electrons. The minimum Gasteiger partial charge on any atom is -0.481 e. The van der Waals surface area contributed by atoms with Gasteiger partial charge in [-0.3, -0.25) is 9.59 Å². The van der Waals surface area contributed by atoms with Crippen molar-refractivity contribution >= 4 is 11.9 Å². The van der Waals surface area contributed by atoms with Gasteiger partial charge in [-0.1, -0.05) is 26.2 Å². The summed E-state index contributed by atoms with van der Waals surface area (Å²) in [6.07, 6.45) is 7.07. The summed E-state index contributed by atoms with van der Waals surface area (Å²) in [4.78, 5) is 23.4. The highest BCUT2D eigenvalue weighted by molar-refractivity contribution is 5.82. The number of ether oxygens (including phenoxy) is 1. The third kappa shape index (κ3) is 3.72. The molecule has 0 bridgehead atoms. The zero-order valence-electron chi connectivity index (χ0n) is 12.1. The average Bonchev–Trinajstić information content (AvgIpc) is 3.06. The number of aliphatic carboxylic acids is 1. The van der Waals surface area contributed by atoms with Crippen LogP contribution >= 0.6 is 0 Å². The molecular weight excluding hydrogens is 258 g/mol. The third-order valence-electron chi connectivity index (χ3n) is 4.48. The van der Waals surface area contributed by atoms with Gasteiger partial charge in [0.1, 0.15) is 6.10 Å². The quantitative estimate of drug-likeness (QED) is 0.782. The maximum absolute atomic E-state index is 12.3. The Morgan fingerprint density at radius 2 is 1.90 bits per heavy atom. The second-order valence-corrected chi connectivity index (χ2v) is 5.93. The molecule has 1 amide bonds. The van der Waals surface area contributed by atoms with Crippen molar-refractivity contribution in [1.82, 2.24) is 5.32 Å². The molecule has 2 rings (SSSR count). The number of hydrogen-bond donors (Lipinski definition) is 2. The van der Waals surface area contributed by atoms with Crippen LogP contribution < -0.4 is 5.32 Å². The topological polar surface area (TPSA) is 75.6 Å². The molecule has 2 saturated carbocycles. The van der Waals surface area contributed by atoms with Gasteiger partial charge < -0.3 is 15.2 Å². The predicted octanol–water partition coefficient (Wildman–Crippen LogP) is 2.09. The van der Waals surface area contributed by atoms with E-state index in [4.69, 9.17) is 9.84 Å². The van der Waals surface area contributed by atoms with E-state index in [0.717, 1.165) is 25.7 Å². The van der Waals surface area contributed by atoms with Crippen LogP contribution in [-0.4, -0.2) is 35.2 Å². The number of carbonyl (C=O) groups excluding carboxylic acids is 1. The van der Waals surface area contributed by atoms with E-state index in [1.54, 1.807) is 0 Å². The van der Waals surface area contributed by atoms with E-state index in [-0.39, 0.29) is 18.1 Å². The fourth-order valence-corrected chi connectivity index (χ4v) is 3.30. The van der Waals surface area contributed by atoms with Gasteiger partial charge in [0, 0.05) is 6.04 Å². The molecule has 1 unspecified atom stereocenters. The molecule has 0 heterocycles. The summed E-state index contributed by atoms with van der Waals surface area (Å²) in [5.41, 5.74) is 0. The first-order valence-corrected chi connectivity index (χ1v) is 7.80. The van der Waals surface area contributed by atoms with E-state index in [1.807, 2.05) is 6.92 Å². The van der Waals surface area contributed by atoms with Crippen LogP contribution in [0.15, 0.2) is 0 Å². The van der Waals surface area contributed by atoms with Crippen LogP contribution in [0.4, 0.5) is 0 Å². The zero-order valence-corrected chi connectivity index (χ0v) is 12.1. The lowest BCUT2D eigenvalue weighted by Gasteiger charge is -2.24. The van der Waals surface area contributed by atoms with Crippen molar-refractivity contribution in [3.05, 3.63) is 0 Å². The van der Waals surface area contributed by atoms with Crippen molar-refractivity contribution in [2.24, 2.45) is 5.92 Å². The van der Waals surface area contributed by atoms with Crippen LogP contribution in [0, 0.1) is 5.92 Å². The minimum absolute atomic E-state index is 0.141. The summed E-state index contributed by atoms with van der Waals surface area (Å²) in [7, 11) is 0. The van der Waals surface area contributed by atoms with E-state index in [2.05, 4.69) is 5.32 Å². The Morgan fingerprint density at radius 3 is 2.50 bits per heavy atom. The van der Waals surface area contributed by atoms with Gasteiger partial charge in [-0.25, -0.2) is 0 Å². The average molecular weight is 283 g/mol. The minimum atomic E-state index is -0.808. The van der Waals surface area contributed by atoms with Crippen LogP contribution in [0.25, 0.3) is 0 Å². The van der Waals surface area contributed by atoms with Crippen LogP contribution in [0.3, 0.4) is 0 Å². The van der Waals surface area contributed by atoms with Crippen molar-refractivity contribution in [3.63, 3.8) is 0 Å². The molecule has 3 atom stereocenters. The van der Waals surface area contributed by atoms with E-state index in [0.29, 0.717) is 12.8 Å². The van der Waals surface area contributed by atoms with Gasteiger partial charge in [-0.2, -0.15) is 0 Å². The lowest BCUT2D eigenvalue weighted by molar-refractivity contribution is -0.143. The second kappa shape index (κ2) is 7.07. The molecule has 0 aromatic heterocycles. The van der Waals surface area contributed by atoms with Crippen molar-refractivity contribution in [1.29, 1.82) is 0 Å². The lowest BCUT2D eigenvalue weighted by Crippen LogP contribution is -2.46. The molecule has 5 nitrogen and oxygen atoms in total. The molecule has 0 aliphatic heterocycles. The Kier molecular flexibility index (Phi) is 5.40. The first kappa shape index (κ1) is 15.3. The van der Waals surface area contributed by atoms with Crippen molar-refractivity contribution < 1.29 is 19.4 Å². The number of amides is 1. The van der Waals surface area contributed by atoms with Gasteiger partial charge in [0.25, 0.3) is 0 Å². The maximum atomic E-state index is 12.3. The molecule has 2 N–H and O–H groups in total. The molecule has 114 valence electrons. The summed E-state index contributed by atoms with van der Waals surface area (Å²) in [6, 6.07) is -0.235. The van der Waals surface area contributed by atoms with Crippen LogP contribution in [0.1, 0.15) is 58.3 Å². The number of carboxylic acid groups (broad SMARTS) is 1. The van der Waals surface area contributed by atoms with Gasteiger partial charge in [0.05, 0.1) is 12.0 Å². The Morgan fingerprint density at radius 1 is 1.20 bits per heavy atom. The summed E-state index contributed by atoms with van der Waals surface area (Å²) in [5.74, 6) is -1.39. The number of carboxylic acids is 1. The highest BCUT2D eigenvalue weighted by Crippen LogP contribution is 2.27. The SMILES string of the molecule is CCC(OC1CCCC1)C(=O)N[C@@H]1CCC[C@@H]1C(=O)O. The van der Waals surface area contributed by atoms with Crippen LogP contribution in [0.5, 0.6) is 0 Å². The summed E-state index contributed by atoms with van der Waals surface area (Å²) >= 11 is 0. The molecule has 2 aliphatic rings. The first-order chi connectivity index (χ1) is 9.61. The third-order valence-corrected chi connectivity index (χ3v) is 4.48. The van der Waals surface area contributed by atoms with Gasteiger partial charge in [-0.15, -0.1) is 0 Å². The Bertz CT molecular complexity index is 352. The standard InChI is InChI=1S/C15H25NO4/c1-2-13(20-10-6-3-4-7-10)14(17)16-12-9-5-8-11(12)15(18)19/h10-13H,2-9H2,1H3,(H,16,17)(H,18,19)/t11-,12+,13?/m0/s1. The van der Waals surface area contributed by atoms with Gasteiger partial charge >= 0.3 is 5.97 Å². The Labute approximate surface area is 120 Å². The van der Waals surface area contributed by atoms with Crippen molar-refractivity contribution in [3.8, 4) is 0 Å². The fraction of sp³-hybridized carbons (Fsp3) is 0.867. The van der Waals surface area contributed by atoms with Gasteiger partial charge in [0.2, 0.25) is 5.91 Å². The van der Waals surface area contributed by atoms with Crippen molar-refractivity contribution in [2.45, 2.75) is 76.5 Å². The molecule has 0 saturated heterocycles. The highest BCUT2D eigenvalue weighted by atomic mass is 16.5. The van der Waals surface area contributed by atoms with E-state index in [9.17, 15) is 9.59 Å². The number of nitrogens with one attached hydrogen (secondary N) is 1. The summed E-state index contributed by atoms with van der Waals surface area (Å²) in [5, 5.41) is 12.0. The number of carbonyl (C=O) groups is 2. The normalized spacial score (nSPS) is 28.4. The number of hydrogen-bond acceptors (Lipinski definition) is 3. The molecular formula is C15H25NO4.